The number of ether oxygens (including phenoxy) is 2. The molecule has 216 valence electrons. The minimum absolute atomic E-state index is 0.0800. The van der Waals surface area contributed by atoms with Crippen molar-refractivity contribution in [3.05, 3.63) is 106 Å². The van der Waals surface area contributed by atoms with Gasteiger partial charge in [-0.2, -0.15) is 17.6 Å². The Morgan fingerprint density at radius 3 is 2.46 bits per heavy atom. The van der Waals surface area contributed by atoms with Gasteiger partial charge in [-0.3, -0.25) is 9.59 Å². The molecule has 0 aromatic heterocycles. The number of carbonyl (C=O) groups excluding carboxylic acids is 2. The second kappa shape index (κ2) is 13.0. The number of aryl methyl sites for hydroxylation is 1. The van der Waals surface area contributed by atoms with Gasteiger partial charge in [-0.1, -0.05) is 48.6 Å². The van der Waals surface area contributed by atoms with Crippen LogP contribution in [0.5, 0.6) is 5.75 Å². The number of fused-ring (bicyclic) bond motifs is 1. The first-order valence-electron chi connectivity index (χ1n) is 13.0. The smallest absolute Gasteiger partial charge is 0.455 e. The third kappa shape index (κ3) is 7.71. The molecule has 0 spiro atoms. The summed E-state index contributed by atoms with van der Waals surface area (Å²) in [7, 11) is 0. The van der Waals surface area contributed by atoms with E-state index in [1.165, 1.54) is 43.3 Å². The van der Waals surface area contributed by atoms with Crippen molar-refractivity contribution in [3.8, 4) is 5.75 Å². The SMILES string of the molecule is CC(=O)OC(c1ccc(F)cc1)C(Cc1cccc(OC(F)(F)C(F)F)c1)NC(=O)c1cccc2c1C=CCCC2. The molecule has 5 nitrogen and oxygen atoms in total. The first-order chi connectivity index (χ1) is 19.5. The minimum Gasteiger partial charge on any atom is -0.455 e. The van der Waals surface area contributed by atoms with Gasteiger partial charge in [-0.05, 0) is 78.3 Å². The number of hydrogen-bond acceptors (Lipinski definition) is 4. The topological polar surface area (TPSA) is 64.6 Å². The van der Waals surface area contributed by atoms with Crippen LogP contribution in [0.2, 0.25) is 0 Å². The molecule has 1 aliphatic rings. The van der Waals surface area contributed by atoms with Gasteiger partial charge >= 0.3 is 18.5 Å². The van der Waals surface area contributed by atoms with Crippen LogP contribution in [0, 0.1) is 5.82 Å². The minimum atomic E-state index is -4.71. The number of alkyl halides is 4. The van der Waals surface area contributed by atoms with Gasteiger partial charge in [0.1, 0.15) is 17.7 Å². The van der Waals surface area contributed by atoms with Gasteiger partial charge in [-0.15, -0.1) is 0 Å². The van der Waals surface area contributed by atoms with E-state index in [0.717, 1.165) is 42.5 Å². The van der Waals surface area contributed by atoms with Gasteiger partial charge in [-0.25, -0.2) is 4.39 Å². The average Bonchev–Trinajstić information content (AvgIpc) is 3.17. The van der Waals surface area contributed by atoms with Gasteiger partial charge < -0.3 is 14.8 Å². The van der Waals surface area contributed by atoms with E-state index in [2.05, 4.69) is 10.1 Å². The number of benzene rings is 3. The van der Waals surface area contributed by atoms with E-state index in [1.54, 1.807) is 12.1 Å². The number of hydrogen-bond donors (Lipinski definition) is 1. The van der Waals surface area contributed by atoms with Crippen LogP contribution in [0.3, 0.4) is 0 Å². The lowest BCUT2D eigenvalue weighted by molar-refractivity contribution is -0.253. The number of rotatable bonds is 10. The van der Waals surface area contributed by atoms with Crippen molar-refractivity contribution in [2.45, 2.75) is 57.3 Å². The molecule has 0 bridgehead atoms. The van der Waals surface area contributed by atoms with Gasteiger partial charge in [0.25, 0.3) is 5.91 Å². The highest BCUT2D eigenvalue weighted by atomic mass is 19.3. The predicted octanol–water partition coefficient (Wildman–Crippen LogP) is 7.06. The molecular weight excluding hydrogens is 545 g/mol. The molecule has 0 fully saturated rings. The molecule has 3 aromatic carbocycles. The van der Waals surface area contributed by atoms with Crippen LogP contribution in [0.25, 0.3) is 6.08 Å². The third-order valence-electron chi connectivity index (χ3n) is 6.58. The maximum Gasteiger partial charge on any atom is 0.461 e. The number of allylic oxidation sites excluding steroid dienone is 1. The van der Waals surface area contributed by atoms with Crippen LogP contribution in [0.15, 0.2) is 72.8 Å². The highest BCUT2D eigenvalue weighted by molar-refractivity contribution is 5.98. The summed E-state index contributed by atoms with van der Waals surface area (Å²) in [4.78, 5) is 25.8. The maximum absolute atomic E-state index is 13.7. The maximum atomic E-state index is 13.7. The molecule has 10 heteroatoms. The largest absolute Gasteiger partial charge is 0.461 e. The predicted molar refractivity (Wildman–Crippen MR) is 142 cm³/mol. The summed E-state index contributed by atoms with van der Waals surface area (Å²) < 4.78 is 76.0. The second-order valence-electron chi connectivity index (χ2n) is 9.65. The fraction of sp³-hybridized carbons (Fsp3) is 0.290. The molecule has 1 amide bonds. The molecule has 3 aromatic rings. The van der Waals surface area contributed by atoms with Gasteiger partial charge in [0.05, 0.1) is 6.04 Å². The monoisotopic (exact) mass is 573 g/mol. The summed E-state index contributed by atoms with van der Waals surface area (Å²) in [6.45, 7) is 1.18. The van der Waals surface area contributed by atoms with Crippen molar-refractivity contribution < 1.29 is 41.0 Å². The zero-order chi connectivity index (χ0) is 29.6. The lowest BCUT2D eigenvalue weighted by atomic mass is 9.94. The number of amides is 1. The molecule has 1 aliphatic carbocycles. The summed E-state index contributed by atoms with van der Waals surface area (Å²) in [5.74, 6) is -2.19. The van der Waals surface area contributed by atoms with Crippen molar-refractivity contribution in [2.24, 2.45) is 0 Å². The van der Waals surface area contributed by atoms with E-state index in [4.69, 9.17) is 4.74 Å². The summed E-state index contributed by atoms with van der Waals surface area (Å²) in [5, 5.41) is 2.90. The molecule has 0 saturated heterocycles. The summed E-state index contributed by atoms with van der Waals surface area (Å²) >= 11 is 0. The second-order valence-corrected chi connectivity index (χ2v) is 9.65. The Morgan fingerprint density at radius 2 is 1.76 bits per heavy atom. The number of nitrogens with one attached hydrogen (secondary N) is 1. The Kier molecular flexibility index (Phi) is 9.42. The quantitative estimate of drug-likeness (QED) is 0.208. The van der Waals surface area contributed by atoms with Crippen LogP contribution >= 0.6 is 0 Å². The fourth-order valence-electron chi connectivity index (χ4n) is 4.72. The first-order valence-corrected chi connectivity index (χ1v) is 13.0. The number of esters is 1. The van der Waals surface area contributed by atoms with Crippen LogP contribution in [0.1, 0.15) is 58.5 Å². The molecule has 0 saturated carbocycles. The van der Waals surface area contributed by atoms with E-state index in [1.807, 2.05) is 18.2 Å². The Bertz CT molecular complexity index is 1410. The van der Waals surface area contributed by atoms with Crippen LogP contribution < -0.4 is 10.1 Å². The van der Waals surface area contributed by atoms with E-state index in [0.29, 0.717) is 16.7 Å². The molecular formula is C31H28F5NO4. The third-order valence-corrected chi connectivity index (χ3v) is 6.58. The van der Waals surface area contributed by atoms with Gasteiger partial charge in [0.2, 0.25) is 0 Å². The average molecular weight is 574 g/mol. The van der Waals surface area contributed by atoms with Gasteiger partial charge in [0.15, 0.2) is 0 Å². The summed E-state index contributed by atoms with van der Waals surface area (Å²) in [6, 6.07) is 14.7. The standard InChI is InChI=1S/C31H28F5NO4/c1-19(38)40-28(22-13-15-23(32)16-14-22)27(18-20-7-5-10-24(17-20)41-31(35,36)30(33)34)37-29(39)26-12-6-9-21-8-3-2-4-11-25(21)26/h4-7,9-17,27-28,30H,2-3,8,18H2,1H3,(H,37,39). The van der Waals surface area contributed by atoms with E-state index >= 15 is 0 Å². The van der Waals surface area contributed by atoms with Crippen LogP contribution in [-0.4, -0.2) is 30.5 Å². The number of carbonyl (C=O) groups is 2. The molecule has 1 N–H and O–H groups in total. The van der Waals surface area contributed by atoms with Crippen molar-refractivity contribution in [3.63, 3.8) is 0 Å². The fourth-order valence-corrected chi connectivity index (χ4v) is 4.72. The molecule has 2 unspecified atom stereocenters. The Morgan fingerprint density at radius 1 is 1.02 bits per heavy atom. The van der Waals surface area contributed by atoms with Crippen LogP contribution in [0.4, 0.5) is 22.0 Å². The van der Waals surface area contributed by atoms with E-state index < -0.39 is 48.1 Å². The Labute approximate surface area is 234 Å². The molecule has 0 aliphatic heterocycles. The van der Waals surface area contributed by atoms with Crippen molar-refractivity contribution in [1.29, 1.82) is 0 Å². The molecule has 41 heavy (non-hydrogen) atoms. The van der Waals surface area contributed by atoms with Crippen LogP contribution in [-0.2, 0) is 22.4 Å². The summed E-state index contributed by atoms with van der Waals surface area (Å²) in [5.41, 5.74) is 2.85. The number of halogens is 5. The lowest BCUT2D eigenvalue weighted by Crippen LogP contribution is -2.42. The van der Waals surface area contributed by atoms with Crippen molar-refractivity contribution >= 4 is 18.0 Å². The lowest BCUT2D eigenvalue weighted by Gasteiger charge is -2.29. The van der Waals surface area contributed by atoms with Crippen molar-refractivity contribution in [2.75, 3.05) is 0 Å². The molecule has 2 atom stereocenters. The molecule has 4 rings (SSSR count). The highest BCUT2D eigenvalue weighted by Gasteiger charge is 2.44. The normalized spacial score (nSPS) is 14.5. The summed E-state index contributed by atoms with van der Waals surface area (Å²) in [6.07, 6.45) is -3.49. The highest BCUT2D eigenvalue weighted by Crippen LogP contribution is 2.30. The molecule has 0 radical (unpaired) electrons. The van der Waals surface area contributed by atoms with Gasteiger partial charge in [0, 0.05) is 12.5 Å². The van der Waals surface area contributed by atoms with E-state index in [-0.39, 0.29) is 6.42 Å². The Hall–Kier alpha value is -4.21. The molecule has 0 heterocycles. The van der Waals surface area contributed by atoms with Crippen molar-refractivity contribution in [1.82, 2.24) is 5.32 Å². The zero-order valence-corrected chi connectivity index (χ0v) is 22.1. The zero-order valence-electron chi connectivity index (χ0n) is 22.1. The van der Waals surface area contributed by atoms with E-state index in [9.17, 15) is 31.5 Å². The Balaban J connectivity index is 1.71. The first kappa shape index (κ1) is 29.8.